The van der Waals surface area contributed by atoms with Crippen LogP contribution in [0, 0.1) is 0 Å². The minimum atomic E-state index is -0.266. The van der Waals surface area contributed by atoms with E-state index < -0.39 is 0 Å². The Labute approximate surface area is 196 Å². The predicted molar refractivity (Wildman–Crippen MR) is 131 cm³/mol. The number of hydrogen-bond acceptors (Lipinski definition) is 3. The van der Waals surface area contributed by atoms with Crippen LogP contribution in [0.4, 0.5) is 0 Å². The molecule has 0 fully saturated rings. The van der Waals surface area contributed by atoms with Gasteiger partial charge in [-0.05, 0) is 61.4 Å². The lowest BCUT2D eigenvalue weighted by Crippen LogP contribution is -2.29. The van der Waals surface area contributed by atoms with Crippen molar-refractivity contribution in [2.75, 3.05) is 6.61 Å². The van der Waals surface area contributed by atoms with E-state index in [-0.39, 0.29) is 11.9 Å². The highest BCUT2D eigenvalue weighted by Gasteiger charge is 2.19. The second-order valence-corrected chi connectivity index (χ2v) is 8.58. The molecular weight excluding hydrogens is 466 g/mol. The van der Waals surface area contributed by atoms with Crippen molar-refractivity contribution in [3.8, 4) is 5.75 Å². The highest BCUT2D eigenvalue weighted by atomic mass is 79.9. The third-order valence-corrected chi connectivity index (χ3v) is 5.91. The van der Waals surface area contributed by atoms with Crippen molar-refractivity contribution in [2.24, 2.45) is 0 Å². The molecular formula is C26H26BrN3O2. The van der Waals surface area contributed by atoms with Crippen LogP contribution in [0.1, 0.15) is 41.6 Å². The lowest BCUT2D eigenvalue weighted by molar-refractivity contribution is 0.0937. The van der Waals surface area contributed by atoms with Gasteiger partial charge in [-0.25, -0.2) is 4.98 Å². The summed E-state index contributed by atoms with van der Waals surface area (Å²) in [6.07, 6.45) is 1.01. The van der Waals surface area contributed by atoms with Gasteiger partial charge in [0.1, 0.15) is 18.2 Å². The summed E-state index contributed by atoms with van der Waals surface area (Å²) >= 11 is 3.42. The van der Waals surface area contributed by atoms with Crippen molar-refractivity contribution in [1.29, 1.82) is 0 Å². The van der Waals surface area contributed by atoms with Crippen molar-refractivity contribution >= 4 is 32.9 Å². The Morgan fingerprint density at radius 2 is 1.88 bits per heavy atom. The first-order chi connectivity index (χ1) is 15.5. The lowest BCUT2D eigenvalue weighted by atomic mass is 10.2. The lowest BCUT2D eigenvalue weighted by Gasteiger charge is -2.17. The average molecular weight is 492 g/mol. The Balaban J connectivity index is 1.52. The topological polar surface area (TPSA) is 56.1 Å². The smallest absolute Gasteiger partial charge is 0.251 e. The Hall–Kier alpha value is -3.12. The van der Waals surface area contributed by atoms with E-state index in [4.69, 9.17) is 9.72 Å². The number of para-hydroxylation sites is 2. The van der Waals surface area contributed by atoms with Crippen LogP contribution in [-0.4, -0.2) is 22.1 Å². The van der Waals surface area contributed by atoms with Gasteiger partial charge >= 0.3 is 0 Å². The Morgan fingerprint density at radius 3 is 2.62 bits per heavy atom. The van der Waals surface area contributed by atoms with Gasteiger partial charge in [0.05, 0.1) is 23.6 Å². The van der Waals surface area contributed by atoms with Gasteiger partial charge in [-0.15, -0.1) is 0 Å². The predicted octanol–water partition coefficient (Wildman–Crippen LogP) is 5.93. The molecule has 0 saturated heterocycles. The summed E-state index contributed by atoms with van der Waals surface area (Å²) in [5, 5.41) is 3.08. The van der Waals surface area contributed by atoms with E-state index in [0.717, 1.165) is 33.5 Å². The van der Waals surface area contributed by atoms with Crippen molar-refractivity contribution < 1.29 is 9.53 Å². The first-order valence-corrected chi connectivity index (χ1v) is 11.6. The minimum absolute atomic E-state index is 0.135. The van der Waals surface area contributed by atoms with E-state index in [2.05, 4.69) is 44.9 Å². The summed E-state index contributed by atoms with van der Waals surface area (Å²) in [7, 11) is 0. The highest BCUT2D eigenvalue weighted by Crippen LogP contribution is 2.22. The molecule has 1 atom stereocenters. The third kappa shape index (κ3) is 5.02. The van der Waals surface area contributed by atoms with Crippen molar-refractivity contribution in [3.63, 3.8) is 0 Å². The van der Waals surface area contributed by atoms with E-state index in [9.17, 15) is 4.79 Å². The number of nitrogens with zero attached hydrogens (tertiary/aromatic N) is 2. The van der Waals surface area contributed by atoms with Crippen LogP contribution in [0.2, 0.25) is 0 Å². The van der Waals surface area contributed by atoms with Crippen LogP contribution in [-0.2, 0) is 13.0 Å². The molecule has 0 aliphatic heterocycles. The van der Waals surface area contributed by atoms with Crippen molar-refractivity contribution in [2.45, 2.75) is 32.9 Å². The molecule has 4 rings (SSSR count). The Morgan fingerprint density at radius 1 is 1.09 bits per heavy atom. The summed E-state index contributed by atoms with van der Waals surface area (Å²) in [5.41, 5.74) is 3.82. The zero-order chi connectivity index (χ0) is 22.5. The molecule has 0 bridgehead atoms. The normalized spacial score (nSPS) is 12.0. The summed E-state index contributed by atoms with van der Waals surface area (Å²) in [6.45, 7) is 5.23. The maximum Gasteiger partial charge on any atom is 0.251 e. The molecule has 0 saturated carbocycles. The summed E-state index contributed by atoms with van der Waals surface area (Å²) in [5.74, 6) is 1.52. The number of rotatable bonds is 8. The summed E-state index contributed by atoms with van der Waals surface area (Å²) in [4.78, 5) is 17.6. The minimum Gasteiger partial charge on any atom is -0.492 e. The van der Waals surface area contributed by atoms with Gasteiger partial charge in [0.2, 0.25) is 0 Å². The number of aryl methyl sites for hydroxylation is 1. The molecule has 3 aromatic carbocycles. The first kappa shape index (κ1) is 22.1. The monoisotopic (exact) mass is 491 g/mol. The van der Waals surface area contributed by atoms with Crippen LogP contribution in [0.3, 0.4) is 0 Å². The number of ether oxygens (including phenoxy) is 1. The fourth-order valence-electron chi connectivity index (χ4n) is 3.71. The van der Waals surface area contributed by atoms with E-state index in [1.807, 2.05) is 61.5 Å². The van der Waals surface area contributed by atoms with Crippen LogP contribution in [0.25, 0.3) is 11.0 Å². The molecule has 1 aromatic heterocycles. The molecule has 6 heteroatoms. The molecule has 164 valence electrons. The number of carbonyl (C=O) groups excluding carboxylic acids is 1. The zero-order valence-electron chi connectivity index (χ0n) is 18.2. The maximum atomic E-state index is 12.8. The average Bonchev–Trinajstić information content (AvgIpc) is 3.18. The first-order valence-electron chi connectivity index (χ1n) is 10.8. The highest BCUT2D eigenvalue weighted by molar-refractivity contribution is 9.10. The number of carbonyl (C=O) groups is 1. The second-order valence-electron chi connectivity index (χ2n) is 7.66. The van der Waals surface area contributed by atoms with Crippen LogP contribution in [0.15, 0.2) is 77.3 Å². The van der Waals surface area contributed by atoms with Crippen LogP contribution in [0.5, 0.6) is 5.75 Å². The number of halogens is 1. The number of benzene rings is 3. The number of hydrogen-bond donors (Lipinski definition) is 1. The van der Waals surface area contributed by atoms with Crippen molar-refractivity contribution in [1.82, 2.24) is 14.9 Å². The SMILES string of the molecule is CCc1ccc(OCCn2c(C(C)NC(=O)c3cccc(Br)c3)nc3ccccc32)cc1. The largest absolute Gasteiger partial charge is 0.492 e. The number of imidazole rings is 1. The molecule has 0 radical (unpaired) electrons. The van der Waals surface area contributed by atoms with Gasteiger partial charge in [-0.3, -0.25) is 4.79 Å². The van der Waals surface area contributed by atoms with Crippen molar-refractivity contribution in [3.05, 3.63) is 94.2 Å². The van der Waals surface area contributed by atoms with Gasteiger partial charge < -0.3 is 14.6 Å². The fourth-order valence-corrected chi connectivity index (χ4v) is 4.11. The molecule has 32 heavy (non-hydrogen) atoms. The van der Waals surface area contributed by atoms with Gasteiger partial charge in [0.15, 0.2) is 0 Å². The molecule has 1 unspecified atom stereocenters. The molecule has 0 aliphatic rings. The molecule has 5 nitrogen and oxygen atoms in total. The standard InChI is InChI=1S/C26H26BrN3O2/c1-3-19-11-13-22(14-12-19)32-16-15-30-24-10-5-4-9-23(24)29-25(30)18(2)28-26(31)20-7-6-8-21(27)17-20/h4-14,17-18H,3,15-16H2,1-2H3,(H,28,31). The van der Waals surface area contributed by atoms with Crippen LogP contribution >= 0.6 is 15.9 Å². The van der Waals surface area contributed by atoms with E-state index >= 15 is 0 Å². The Bertz CT molecular complexity index is 1220. The number of amides is 1. The molecule has 0 aliphatic carbocycles. The van der Waals surface area contributed by atoms with Gasteiger partial charge in [0.25, 0.3) is 5.91 Å². The quantitative estimate of drug-likeness (QED) is 0.332. The van der Waals surface area contributed by atoms with Crippen LogP contribution < -0.4 is 10.1 Å². The number of nitrogens with one attached hydrogen (secondary N) is 1. The van der Waals surface area contributed by atoms with Gasteiger partial charge in [0, 0.05) is 10.0 Å². The molecule has 1 N–H and O–H groups in total. The number of fused-ring (bicyclic) bond motifs is 1. The maximum absolute atomic E-state index is 12.8. The molecule has 1 amide bonds. The van der Waals surface area contributed by atoms with E-state index in [0.29, 0.717) is 18.7 Å². The van der Waals surface area contributed by atoms with Gasteiger partial charge in [-0.1, -0.05) is 53.2 Å². The third-order valence-electron chi connectivity index (χ3n) is 5.42. The Kier molecular flexibility index (Phi) is 6.90. The van der Waals surface area contributed by atoms with E-state index in [1.165, 1.54) is 5.56 Å². The summed E-state index contributed by atoms with van der Waals surface area (Å²) < 4.78 is 8.98. The van der Waals surface area contributed by atoms with E-state index in [1.54, 1.807) is 6.07 Å². The second kappa shape index (κ2) is 10.0. The fraction of sp³-hybridized carbons (Fsp3) is 0.231. The summed E-state index contributed by atoms with van der Waals surface area (Å²) in [6, 6.07) is 23.3. The molecule has 0 spiro atoms. The number of aromatic nitrogens is 2. The zero-order valence-corrected chi connectivity index (χ0v) is 19.8. The molecule has 1 heterocycles. The van der Waals surface area contributed by atoms with Gasteiger partial charge in [-0.2, -0.15) is 0 Å². The molecule has 4 aromatic rings.